The molecule has 6 nitrogen and oxygen atoms in total. The highest BCUT2D eigenvalue weighted by atomic mass is 32.2. The molecule has 0 saturated heterocycles. The minimum atomic E-state index is -0.325. The summed E-state index contributed by atoms with van der Waals surface area (Å²) in [6, 6.07) is 14.3. The molecule has 3 aromatic rings. The quantitative estimate of drug-likeness (QED) is 0.561. The van der Waals surface area contributed by atoms with Gasteiger partial charge in [0.05, 0.1) is 16.7 Å². The first-order valence-corrected chi connectivity index (χ1v) is 12.7. The van der Waals surface area contributed by atoms with E-state index < -0.39 is 0 Å². The maximum Gasteiger partial charge on any atom is 0.240 e. The first kappa shape index (κ1) is 25.0. The highest BCUT2D eigenvalue weighted by Gasteiger charge is 2.38. The van der Waals surface area contributed by atoms with Gasteiger partial charge in [-0.25, -0.2) is 4.39 Å². The Kier molecular flexibility index (Phi) is 7.03. The topological polar surface area (TPSA) is 67.2 Å². The summed E-state index contributed by atoms with van der Waals surface area (Å²) in [6.45, 7) is 8.53. The van der Waals surface area contributed by atoms with Crippen LogP contribution in [-0.4, -0.2) is 33.9 Å². The smallest absolute Gasteiger partial charge is 0.240 e. The molecule has 0 aliphatic carbocycles. The van der Waals surface area contributed by atoms with Crippen LogP contribution in [0.25, 0.3) is 0 Å². The van der Waals surface area contributed by atoms with Crippen LogP contribution in [0.3, 0.4) is 0 Å². The summed E-state index contributed by atoms with van der Waals surface area (Å²) >= 11 is 1.57. The predicted molar refractivity (Wildman–Crippen MR) is 138 cm³/mol. The molecule has 0 radical (unpaired) electrons. The van der Waals surface area contributed by atoms with E-state index >= 15 is 0 Å². The van der Waals surface area contributed by atoms with Crippen LogP contribution in [0.2, 0.25) is 0 Å². The van der Waals surface area contributed by atoms with Gasteiger partial charge >= 0.3 is 0 Å². The Bertz CT molecular complexity index is 1250. The zero-order valence-corrected chi connectivity index (χ0v) is 21.6. The third kappa shape index (κ3) is 5.42. The number of halogens is 1. The van der Waals surface area contributed by atoms with Gasteiger partial charge in [0.15, 0.2) is 0 Å². The van der Waals surface area contributed by atoms with Crippen LogP contribution in [0.1, 0.15) is 54.0 Å². The monoisotopic (exact) mass is 494 g/mol. The van der Waals surface area contributed by atoms with Crippen molar-refractivity contribution in [3.63, 3.8) is 0 Å². The van der Waals surface area contributed by atoms with Gasteiger partial charge in [0.2, 0.25) is 11.8 Å². The Morgan fingerprint density at radius 3 is 2.57 bits per heavy atom. The average Bonchev–Trinajstić information content (AvgIpc) is 3.07. The highest BCUT2D eigenvalue weighted by molar-refractivity contribution is 8.00. The predicted octanol–water partition coefficient (Wildman–Crippen LogP) is 4.65. The summed E-state index contributed by atoms with van der Waals surface area (Å²) in [5.74, 6) is 0.169. The number of nitrogens with zero attached hydrogens (tertiary/aromatic N) is 3. The van der Waals surface area contributed by atoms with Crippen LogP contribution in [0.15, 0.2) is 48.5 Å². The Morgan fingerprint density at radius 1 is 1.20 bits per heavy atom. The fourth-order valence-corrected chi connectivity index (χ4v) is 5.53. The number of thioether (sulfide) groups is 1. The minimum Gasteiger partial charge on any atom is -0.350 e. The number of carbonyl (C=O) groups is 2. The number of carbonyl (C=O) groups excluding carboxylic acids is 2. The first-order chi connectivity index (χ1) is 16.5. The molecule has 0 fully saturated rings. The zero-order valence-electron chi connectivity index (χ0n) is 20.8. The molecular weight excluding hydrogens is 463 g/mol. The number of amides is 2. The van der Waals surface area contributed by atoms with E-state index in [0.717, 1.165) is 27.9 Å². The van der Waals surface area contributed by atoms with Gasteiger partial charge in [0.25, 0.3) is 0 Å². The van der Waals surface area contributed by atoms with Crippen LogP contribution in [-0.2, 0) is 28.6 Å². The van der Waals surface area contributed by atoms with Crippen molar-refractivity contribution in [3.05, 3.63) is 82.3 Å². The Morgan fingerprint density at radius 2 is 1.91 bits per heavy atom. The van der Waals surface area contributed by atoms with Gasteiger partial charge in [0.1, 0.15) is 18.2 Å². The van der Waals surface area contributed by atoms with E-state index in [9.17, 15) is 14.0 Å². The molecule has 4 rings (SSSR count). The highest BCUT2D eigenvalue weighted by Crippen LogP contribution is 2.47. The number of aryl methyl sites for hydroxylation is 2. The standard InChI is InChI=1S/C27H31FN4O2S/c1-17-7-6-8-19(13-17)24-23-25(27(2,3)4)30-31(5)26(23)32(22(34)16-35-24)15-21(33)29-14-18-9-11-20(28)12-10-18/h6-13,24H,14-16H2,1-5H3,(H,29,33). The summed E-state index contributed by atoms with van der Waals surface area (Å²) in [5.41, 5.74) is 4.70. The van der Waals surface area contributed by atoms with Gasteiger partial charge in [-0.15, -0.1) is 11.8 Å². The molecule has 0 saturated carbocycles. The summed E-state index contributed by atoms with van der Waals surface area (Å²) in [6.07, 6.45) is 0. The molecule has 1 N–H and O–H groups in total. The lowest BCUT2D eigenvalue weighted by Crippen LogP contribution is -2.42. The van der Waals surface area contributed by atoms with E-state index in [-0.39, 0.29) is 47.1 Å². The van der Waals surface area contributed by atoms with Gasteiger partial charge in [-0.05, 0) is 30.2 Å². The van der Waals surface area contributed by atoms with Gasteiger partial charge < -0.3 is 5.32 Å². The normalized spacial score (nSPS) is 16.1. The lowest BCUT2D eigenvalue weighted by Gasteiger charge is -2.24. The fourth-order valence-electron chi connectivity index (χ4n) is 4.34. The van der Waals surface area contributed by atoms with Crippen molar-refractivity contribution >= 4 is 29.4 Å². The number of aromatic nitrogens is 2. The molecule has 8 heteroatoms. The van der Waals surface area contributed by atoms with Crippen molar-refractivity contribution in [2.24, 2.45) is 7.05 Å². The Hall–Kier alpha value is -3.13. The van der Waals surface area contributed by atoms with Gasteiger partial charge in [-0.1, -0.05) is 62.7 Å². The van der Waals surface area contributed by atoms with Crippen molar-refractivity contribution in [1.29, 1.82) is 0 Å². The maximum absolute atomic E-state index is 13.3. The van der Waals surface area contributed by atoms with E-state index in [4.69, 9.17) is 5.10 Å². The number of hydrogen-bond donors (Lipinski definition) is 1. The Labute approximate surface area is 209 Å². The number of benzene rings is 2. The van der Waals surface area contributed by atoms with Crippen molar-refractivity contribution in [2.45, 2.75) is 44.9 Å². The molecule has 184 valence electrons. The summed E-state index contributed by atoms with van der Waals surface area (Å²) in [4.78, 5) is 27.8. The van der Waals surface area contributed by atoms with Gasteiger partial charge in [0, 0.05) is 24.6 Å². The fraction of sp³-hybridized carbons (Fsp3) is 0.370. The summed E-state index contributed by atoms with van der Waals surface area (Å²) in [5, 5.41) is 7.61. The largest absolute Gasteiger partial charge is 0.350 e. The van der Waals surface area contributed by atoms with E-state index in [2.05, 4.69) is 51.2 Å². The van der Waals surface area contributed by atoms with E-state index in [1.165, 1.54) is 12.1 Å². The number of hydrogen-bond acceptors (Lipinski definition) is 4. The second kappa shape index (κ2) is 9.85. The molecule has 2 amide bonds. The molecule has 2 aromatic carbocycles. The van der Waals surface area contributed by atoms with Gasteiger partial charge in [-0.3, -0.25) is 19.2 Å². The SMILES string of the molecule is Cc1cccc(C2SCC(=O)N(CC(=O)NCc3ccc(F)cc3)c3c2c(C(C)(C)C)nn3C)c1. The number of fused-ring (bicyclic) bond motifs is 1. The molecule has 1 unspecified atom stereocenters. The molecule has 0 bridgehead atoms. The van der Waals surface area contributed by atoms with Crippen LogP contribution in [0, 0.1) is 12.7 Å². The van der Waals surface area contributed by atoms with Crippen molar-refractivity contribution in [3.8, 4) is 0 Å². The average molecular weight is 495 g/mol. The van der Waals surface area contributed by atoms with Crippen LogP contribution in [0.5, 0.6) is 0 Å². The molecule has 1 aliphatic rings. The molecule has 2 heterocycles. The molecule has 0 spiro atoms. The molecule has 35 heavy (non-hydrogen) atoms. The summed E-state index contributed by atoms with van der Waals surface area (Å²) < 4.78 is 14.9. The van der Waals surface area contributed by atoms with E-state index in [1.807, 2.05) is 13.1 Å². The second-order valence-corrected chi connectivity index (χ2v) is 11.0. The molecule has 1 atom stereocenters. The van der Waals surface area contributed by atoms with E-state index in [1.54, 1.807) is 33.5 Å². The van der Waals surface area contributed by atoms with Crippen LogP contribution in [0.4, 0.5) is 10.2 Å². The lowest BCUT2D eigenvalue weighted by atomic mass is 9.87. The molecule has 1 aromatic heterocycles. The minimum absolute atomic E-state index is 0.0796. The van der Waals surface area contributed by atoms with Crippen molar-refractivity contribution in [1.82, 2.24) is 15.1 Å². The number of rotatable bonds is 5. The molecular formula is C27H31FN4O2S. The van der Waals surface area contributed by atoms with Gasteiger partial charge in [-0.2, -0.15) is 5.10 Å². The molecule has 1 aliphatic heterocycles. The number of anilines is 1. The zero-order chi connectivity index (χ0) is 25.3. The Balaban J connectivity index is 1.69. The number of nitrogens with one attached hydrogen (secondary N) is 1. The maximum atomic E-state index is 13.3. The second-order valence-electron chi connectivity index (χ2n) is 9.95. The first-order valence-electron chi connectivity index (χ1n) is 11.6. The third-order valence-electron chi connectivity index (χ3n) is 6.00. The third-order valence-corrected chi connectivity index (χ3v) is 7.26. The van der Waals surface area contributed by atoms with Crippen molar-refractivity contribution < 1.29 is 14.0 Å². The van der Waals surface area contributed by atoms with E-state index in [0.29, 0.717) is 5.82 Å². The van der Waals surface area contributed by atoms with Crippen LogP contribution < -0.4 is 10.2 Å². The summed E-state index contributed by atoms with van der Waals surface area (Å²) in [7, 11) is 1.83. The van der Waals surface area contributed by atoms with Crippen molar-refractivity contribution in [2.75, 3.05) is 17.2 Å². The van der Waals surface area contributed by atoms with Crippen LogP contribution >= 0.6 is 11.8 Å². The lowest BCUT2D eigenvalue weighted by molar-refractivity contribution is -0.123.